The lowest BCUT2D eigenvalue weighted by Gasteiger charge is -2.34. The van der Waals surface area contributed by atoms with E-state index in [0.717, 1.165) is 0 Å². The first-order chi connectivity index (χ1) is 13.7. The first-order valence-corrected chi connectivity index (χ1v) is 8.87. The van der Waals surface area contributed by atoms with Crippen molar-refractivity contribution in [1.82, 2.24) is 30.6 Å². The zero-order valence-corrected chi connectivity index (χ0v) is 16.0. The number of carboxylic acid groups (broad SMARTS) is 2. The van der Waals surface area contributed by atoms with Gasteiger partial charge in [0.1, 0.15) is 6.04 Å². The van der Waals surface area contributed by atoms with E-state index in [1.807, 2.05) is 0 Å². The quantitative estimate of drug-likeness (QED) is 0.199. The molecule has 158 valence electrons. The van der Waals surface area contributed by atoms with Crippen LogP contribution in [-0.2, 0) is 27.2 Å². The molecule has 0 fully saturated rings. The van der Waals surface area contributed by atoms with Crippen molar-refractivity contribution in [3.8, 4) is 0 Å². The van der Waals surface area contributed by atoms with Gasteiger partial charge in [-0.1, -0.05) is 0 Å². The first kappa shape index (κ1) is 22.2. The first-order valence-electron chi connectivity index (χ1n) is 8.87. The molecule has 0 aliphatic carbocycles. The number of nitrogens with zero attached hydrogens (tertiary/aromatic N) is 2. The number of ketones is 1. The number of nitrogens with one attached hydrogen (secondary N) is 4. The largest absolute Gasteiger partial charge is 0.480 e. The van der Waals surface area contributed by atoms with Crippen LogP contribution in [0.4, 0.5) is 0 Å². The zero-order valence-electron chi connectivity index (χ0n) is 16.0. The van der Waals surface area contributed by atoms with Gasteiger partial charge >= 0.3 is 11.9 Å². The molecule has 12 nitrogen and oxygen atoms in total. The van der Waals surface area contributed by atoms with Crippen LogP contribution in [-0.4, -0.2) is 78.6 Å². The SMILES string of the molecule is CNC(Cc1cnc[nH]1)C(=O)C(N)(C(=O)O)C(C)NC(Cc1cnc[nH]1)C(=O)O. The second-order valence-electron chi connectivity index (χ2n) is 6.72. The smallest absolute Gasteiger partial charge is 0.333 e. The average Bonchev–Trinajstić information content (AvgIpc) is 3.37. The predicted molar refractivity (Wildman–Crippen MR) is 101 cm³/mol. The van der Waals surface area contributed by atoms with E-state index in [9.17, 15) is 24.6 Å². The van der Waals surface area contributed by atoms with Gasteiger partial charge in [-0.05, 0) is 14.0 Å². The van der Waals surface area contributed by atoms with Crippen LogP contribution in [0.1, 0.15) is 18.3 Å². The maximum atomic E-state index is 13.1. The number of aromatic nitrogens is 4. The van der Waals surface area contributed by atoms with Crippen LogP contribution in [0, 0.1) is 0 Å². The van der Waals surface area contributed by atoms with Gasteiger partial charge in [-0.15, -0.1) is 0 Å². The molecule has 0 amide bonds. The summed E-state index contributed by atoms with van der Waals surface area (Å²) in [6, 6.07) is -3.29. The highest BCUT2D eigenvalue weighted by atomic mass is 16.4. The van der Waals surface area contributed by atoms with Gasteiger partial charge in [-0.25, -0.2) is 14.8 Å². The van der Waals surface area contributed by atoms with E-state index in [1.54, 1.807) is 0 Å². The third kappa shape index (κ3) is 5.04. The fourth-order valence-electron chi connectivity index (χ4n) is 3.00. The molecule has 0 aromatic carbocycles. The molecule has 4 atom stereocenters. The highest BCUT2D eigenvalue weighted by Crippen LogP contribution is 2.16. The summed E-state index contributed by atoms with van der Waals surface area (Å²) in [7, 11) is 1.51. The van der Waals surface area contributed by atoms with E-state index >= 15 is 0 Å². The van der Waals surface area contributed by atoms with Crippen LogP contribution in [0.15, 0.2) is 25.0 Å². The molecule has 0 radical (unpaired) electrons. The zero-order chi connectivity index (χ0) is 21.6. The van der Waals surface area contributed by atoms with Gasteiger partial charge in [-0.3, -0.25) is 14.9 Å². The van der Waals surface area contributed by atoms with Crippen molar-refractivity contribution >= 4 is 17.7 Å². The number of hydrogen-bond acceptors (Lipinski definition) is 8. The highest BCUT2D eigenvalue weighted by molar-refractivity contribution is 6.11. The molecule has 0 saturated carbocycles. The molecule has 2 aromatic heterocycles. The number of carboxylic acids is 2. The Morgan fingerprint density at radius 3 is 2.00 bits per heavy atom. The van der Waals surface area contributed by atoms with E-state index in [2.05, 4.69) is 30.6 Å². The Balaban J connectivity index is 2.22. The molecule has 2 aromatic rings. The number of H-pyrrole nitrogens is 2. The van der Waals surface area contributed by atoms with Crippen LogP contribution in [0.3, 0.4) is 0 Å². The van der Waals surface area contributed by atoms with Crippen LogP contribution in [0.5, 0.6) is 0 Å². The number of aromatic amines is 2. The van der Waals surface area contributed by atoms with Gasteiger partial charge in [0.2, 0.25) is 0 Å². The number of imidazole rings is 2. The van der Waals surface area contributed by atoms with E-state index in [1.165, 1.54) is 39.0 Å². The predicted octanol–water partition coefficient (Wildman–Crippen LogP) is -1.71. The Morgan fingerprint density at radius 1 is 1.10 bits per heavy atom. The Kier molecular flexibility index (Phi) is 7.20. The minimum atomic E-state index is -2.37. The van der Waals surface area contributed by atoms with Gasteiger partial charge in [0.25, 0.3) is 0 Å². The number of carbonyl (C=O) groups excluding carboxylic acids is 1. The van der Waals surface area contributed by atoms with Crippen molar-refractivity contribution in [3.05, 3.63) is 36.4 Å². The lowest BCUT2D eigenvalue weighted by atomic mass is 9.82. The van der Waals surface area contributed by atoms with Gasteiger partial charge in [0.15, 0.2) is 11.3 Å². The standard InChI is InChI=1S/C17H25N7O5/c1-9(24-13(15(26)27)4-11-6-21-8-23-11)17(18,16(28)29)14(25)12(19-2)3-10-5-20-7-22-10/h5-9,12-13,19,24H,3-4,18H2,1-2H3,(H,20,22)(H,21,23)(H,26,27)(H,28,29). The molecule has 2 rings (SSSR count). The summed E-state index contributed by atoms with van der Waals surface area (Å²) in [6.45, 7) is 1.37. The van der Waals surface area contributed by atoms with Crippen molar-refractivity contribution in [3.63, 3.8) is 0 Å². The number of nitrogens with two attached hydrogens (primary N) is 1. The van der Waals surface area contributed by atoms with E-state index in [-0.39, 0.29) is 12.8 Å². The third-order valence-corrected chi connectivity index (χ3v) is 4.82. The van der Waals surface area contributed by atoms with Crippen LogP contribution < -0.4 is 16.4 Å². The van der Waals surface area contributed by atoms with Gasteiger partial charge in [0, 0.05) is 42.7 Å². The summed E-state index contributed by atoms with van der Waals surface area (Å²) < 4.78 is 0. The molecular weight excluding hydrogens is 382 g/mol. The molecule has 2 heterocycles. The summed E-state index contributed by atoms with van der Waals surface area (Å²) in [5.74, 6) is -3.56. The van der Waals surface area contributed by atoms with Gasteiger partial charge < -0.3 is 31.2 Å². The molecule has 29 heavy (non-hydrogen) atoms. The monoisotopic (exact) mass is 407 g/mol. The second-order valence-corrected chi connectivity index (χ2v) is 6.72. The number of likely N-dealkylation sites (N-methyl/N-ethyl adjacent to an activating group) is 1. The Labute approximate surface area is 166 Å². The number of Topliss-reactive ketones (excluding diaryl/α,β-unsaturated/α-hetero) is 1. The van der Waals surface area contributed by atoms with Crippen LogP contribution in [0.2, 0.25) is 0 Å². The fraction of sp³-hybridized carbons (Fsp3) is 0.471. The second kappa shape index (κ2) is 9.41. The molecular formula is C17H25N7O5. The van der Waals surface area contributed by atoms with Crippen molar-refractivity contribution in [1.29, 1.82) is 0 Å². The van der Waals surface area contributed by atoms with E-state index in [4.69, 9.17) is 5.73 Å². The molecule has 8 N–H and O–H groups in total. The average molecular weight is 407 g/mol. The number of aliphatic carboxylic acids is 2. The van der Waals surface area contributed by atoms with Gasteiger partial charge in [0.05, 0.1) is 18.7 Å². The maximum Gasteiger partial charge on any atom is 0.333 e. The Hall–Kier alpha value is -3.09. The van der Waals surface area contributed by atoms with Crippen molar-refractivity contribution in [2.75, 3.05) is 7.05 Å². The fourth-order valence-corrected chi connectivity index (χ4v) is 3.00. The minimum Gasteiger partial charge on any atom is -0.480 e. The maximum absolute atomic E-state index is 13.1. The molecule has 12 heteroatoms. The number of carbonyl (C=O) groups is 3. The summed E-state index contributed by atoms with van der Waals surface area (Å²) in [6.07, 6.45) is 5.97. The number of rotatable bonds is 12. The van der Waals surface area contributed by atoms with E-state index in [0.29, 0.717) is 11.4 Å². The lowest BCUT2D eigenvalue weighted by Crippen LogP contribution is -2.71. The molecule has 0 aliphatic heterocycles. The number of hydrogen-bond donors (Lipinski definition) is 7. The molecule has 0 aliphatic rings. The summed E-state index contributed by atoms with van der Waals surface area (Å²) in [5, 5.41) is 24.7. The lowest BCUT2D eigenvalue weighted by molar-refractivity contribution is -0.151. The summed E-state index contributed by atoms with van der Waals surface area (Å²) in [4.78, 5) is 50.0. The van der Waals surface area contributed by atoms with Crippen molar-refractivity contribution in [2.45, 2.75) is 43.4 Å². The molecule has 0 spiro atoms. The third-order valence-electron chi connectivity index (χ3n) is 4.82. The normalized spacial score (nSPS) is 16.5. The Morgan fingerprint density at radius 2 is 1.62 bits per heavy atom. The van der Waals surface area contributed by atoms with Gasteiger partial charge in [-0.2, -0.15) is 0 Å². The van der Waals surface area contributed by atoms with Crippen LogP contribution in [0.25, 0.3) is 0 Å². The molecule has 0 saturated heterocycles. The van der Waals surface area contributed by atoms with E-state index < -0.39 is 41.4 Å². The molecule has 4 unspecified atom stereocenters. The molecule has 0 bridgehead atoms. The topological polar surface area (TPSA) is 199 Å². The summed E-state index contributed by atoms with van der Waals surface area (Å²) >= 11 is 0. The summed E-state index contributed by atoms with van der Waals surface area (Å²) in [5.41, 5.74) is 4.85. The highest BCUT2D eigenvalue weighted by Gasteiger charge is 2.50. The minimum absolute atomic E-state index is 0.00711. The van der Waals surface area contributed by atoms with Crippen molar-refractivity contribution in [2.24, 2.45) is 5.73 Å². The Bertz CT molecular complexity index is 823. The van der Waals surface area contributed by atoms with Crippen molar-refractivity contribution < 1.29 is 24.6 Å². The van der Waals surface area contributed by atoms with Crippen LogP contribution >= 0.6 is 0 Å².